The molecule has 2 aliphatic rings. The van der Waals surface area contributed by atoms with E-state index in [2.05, 4.69) is 21.7 Å². The van der Waals surface area contributed by atoms with Crippen LogP contribution in [0.5, 0.6) is 0 Å². The summed E-state index contributed by atoms with van der Waals surface area (Å²) in [5, 5.41) is 7.81. The molecule has 156 valence electrons. The van der Waals surface area contributed by atoms with Crippen molar-refractivity contribution in [2.45, 2.75) is 42.6 Å². The first-order valence-electron chi connectivity index (χ1n) is 9.17. The van der Waals surface area contributed by atoms with Crippen molar-refractivity contribution in [2.75, 3.05) is 19.0 Å². The number of anilines is 1. The molecule has 0 aromatic carbocycles. The molecule has 0 radical (unpaired) electrons. The van der Waals surface area contributed by atoms with Crippen LogP contribution in [0.4, 0.5) is 5.00 Å². The summed E-state index contributed by atoms with van der Waals surface area (Å²) in [6, 6.07) is 1.44. The highest BCUT2D eigenvalue weighted by Gasteiger charge is 2.42. The summed E-state index contributed by atoms with van der Waals surface area (Å²) in [5.74, 6) is 0.115. The molecule has 2 aromatic heterocycles. The third kappa shape index (κ3) is 4.08. The Morgan fingerprint density at radius 2 is 2.21 bits per heavy atom. The predicted molar refractivity (Wildman–Crippen MR) is 109 cm³/mol. The highest BCUT2D eigenvalue weighted by molar-refractivity contribution is 7.91. The molecule has 1 fully saturated rings. The van der Waals surface area contributed by atoms with Gasteiger partial charge < -0.3 is 10.1 Å². The lowest BCUT2D eigenvalue weighted by atomic mass is 10.2. The molecule has 0 spiro atoms. The molecule has 1 saturated carbocycles. The van der Waals surface area contributed by atoms with Crippen LogP contribution in [-0.2, 0) is 27.8 Å². The van der Waals surface area contributed by atoms with Gasteiger partial charge in [0.25, 0.3) is 15.9 Å². The molecule has 0 atom stereocenters. The van der Waals surface area contributed by atoms with E-state index in [9.17, 15) is 13.2 Å². The van der Waals surface area contributed by atoms with Crippen LogP contribution in [0.15, 0.2) is 35.1 Å². The molecule has 0 bridgehead atoms. The van der Waals surface area contributed by atoms with Gasteiger partial charge in [0.05, 0.1) is 31.5 Å². The van der Waals surface area contributed by atoms with Gasteiger partial charge in [-0.15, -0.1) is 11.3 Å². The number of sulfonamides is 1. The zero-order valence-corrected chi connectivity index (χ0v) is 17.9. The number of rotatable bonds is 8. The van der Waals surface area contributed by atoms with Gasteiger partial charge in [-0.3, -0.25) is 14.4 Å². The maximum absolute atomic E-state index is 13.0. The minimum Gasteiger partial charge on any atom is -0.383 e. The van der Waals surface area contributed by atoms with E-state index in [1.54, 1.807) is 18.0 Å². The monoisotopic (exact) mass is 437 g/mol. The Balaban J connectivity index is 1.53. The summed E-state index contributed by atoms with van der Waals surface area (Å²) in [6.07, 6.45) is 5.17. The number of fused-ring (bicyclic) bond motifs is 1. The van der Waals surface area contributed by atoms with Gasteiger partial charge in [0.1, 0.15) is 15.0 Å². The molecule has 1 aliphatic heterocycles. The fraction of sp³-hybridized carbons (Fsp3) is 0.444. The van der Waals surface area contributed by atoms with Crippen molar-refractivity contribution in [1.29, 1.82) is 0 Å². The van der Waals surface area contributed by atoms with Gasteiger partial charge in [-0.05, 0) is 25.8 Å². The molecule has 9 nitrogen and oxygen atoms in total. The summed E-state index contributed by atoms with van der Waals surface area (Å²) in [5.41, 5.74) is 0.794. The number of nitrogens with zero attached hydrogens (tertiary/aromatic N) is 3. The van der Waals surface area contributed by atoms with Gasteiger partial charge >= 0.3 is 0 Å². The molecule has 4 rings (SSSR count). The summed E-state index contributed by atoms with van der Waals surface area (Å²) >= 11 is 1.04. The smallest absolute Gasteiger partial charge is 0.262 e. The number of thiophene rings is 1. The lowest BCUT2D eigenvalue weighted by Crippen LogP contribution is -2.36. The average Bonchev–Trinajstić information content (AvgIpc) is 3.07. The molecule has 11 heteroatoms. The fourth-order valence-electron chi connectivity index (χ4n) is 3.03. The Bertz CT molecular complexity index is 1070. The molecule has 0 saturated heterocycles. The Kier molecular flexibility index (Phi) is 5.01. The first kappa shape index (κ1) is 20.1. The van der Waals surface area contributed by atoms with Crippen LogP contribution in [-0.4, -0.2) is 48.3 Å². The van der Waals surface area contributed by atoms with Gasteiger partial charge in [-0.25, -0.2) is 13.1 Å². The number of methoxy groups -OCH3 is 1. The van der Waals surface area contributed by atoms with Gasteiger partial charge in [-0.1, -0.05) is 6.58 Å². The number of amides is 1. The molecule has 1 amide bonds. The van der Waals surface area contributed by atoms with Crippen LogP contribution in [0, 0.1) is 0 Å². The first-order valence-corrected chi connectivity index (χ1v) is 11.5. The van der Waals surface area contributed by atoms with Crippen LogP contribution in [0.1, 0.15) is 35.7 Å². The second-order valence-corrected chi connectivity index (χ2v) is 10.5. The van der Waals surface area contributed by atoms with Crippen LogP contribution < -0.4 is 10.0 Å². The third-order valence-corrected chi connectivity index (χ3v) is 8.13. The van der Waals surface area contributed by atoms with Crippen molar-refractivity contribution in [3.63, 3.8) is 0 Å². The van der Waals surface area contributed by atoms with Gasteiger partial charge in [0.2, 0.25) is 0 Å². The van der Waals surface area contributed by atoms with E-state index in [1.807, 2.05) is 13.1 Å². The maximum Gasteiger partial charge on any atom is 0.262 e. The Labute approximate surface area is 173 Å². The van der Waals surface area contributed by atoms with E-state index in [0.717, 1.165) is 29.7 Å². The first-order chi connectivity index (χ1) is 13.7. The van der Waals surface area contributed by atoms with Crippen LogP contribution >= 0.6 is 11.3 Å². The number of hydrogen-bond acceptors (Lipinski definition) is 7. The second-order valence-electron chi connectivity index (χ2n) is 7.54. The van der Waals surface area contributed by atoms with Crippen molar-refractivity contribution in [2.24, 2.45) is 0 Å². The number of aromatic nitrogens is 2. The molecule has 3 heterocycles. The van der Waals surface area contributed by atoms with Gasteiger partial charge in [0, 0.05) is 24.4 Å². The van der Waals surface area contributed by atoms with E-state index in [4.69, 9.17) is 4.74 Å². The fourth-order valence-corrected chi connectivity index (χ4v) is 5.87. The summed E-state index contributed by atoms with van der Waals surface area (Å²) in [6.45, 7) is 7.24. The van der Waals surface area contributed by atoms with Crippen molar-refractivity contribution >= 4 is 32.3 Å². The van der Waals surface area contributed by atoms with Crippen LogP contribution in [0.3, 0.4) is 0 Å². The zero-order chi connectivity index (χ0) is 20.8. The minimum atomic E-state index is -3.67. The number of hydrogen-bond donors (Lipinski definition) is 2. The summed E-state index contributed by atoms with van der Waals surface area (Å²) < 4.78 is 34.9. The third-order valence-electron chi connectivity index (χ3n) is 4.97. The van der Waals surface area contributed by atoms with Crippen LogP contribution in [0.2, 0.25) is 0 Å². The number of nitrogens with one attached hydrogen (secondary N) is 2. The number of carbonyl (C=O) groups is 1. The Morgan fingerprint density at radius 3 is 2.90 bits per heavy atom. The Morgan fingerprint density at radius 1 is 1.45 bits per heavy atom. The highest BCUT2D eigenvalue weighted by Crippen LogP contribution is 2.40. The Hall–Kier alpha value is -2.21. The van der Waals surface area contributed by atoms with E-state index in [-0.39, 0.29) is 22.2 Å². The van der Waals surface area contributed by atoms with E-state index >= 15 is 0 Å². The van der Waals surface area contributed by atoms with E-state index in [0.29, 0.717) is 29.5 Å². The average molecular weight is 438 g/mol. The van der Waals surface area contributed by atoms with E-state index < -0.39 is 10.0 Å². The number of carbonyl (C=O) groups excluding carboxylic acids is 1. The van der Waals surface area contributed by atoms with Crippen molar-refractivity contribution in [3.05, 3.63) is 42.0 Å². The lowest BCUT2D eigenvalue weighted by Gasteiger charge is -2.29. The van der Waals surface area contributed by atoms with Crippen LogP contribution in [0.25, 0.3) is 0 Å². The standard InChI is InChI=1S/C18H23N5O4S2/c1-12-20-16-14(8-15(28-16)29(25,26)21-18(2)4-5-18)17(24)23(12)11-13-9-19-22(10-13)6-7-27-3/h8-10,20-21H,1,4-7,11H2,2-3H3. The SMILES string of the molecule is C=C1Nc2sc(S(=O)(=O)NC3(C)CC3)cc2C(=O)N1Cc1cnn(CCOC)c1. The predicted octanol–water partition coefficient (Wildman–Crippen LogP) is 1.96. The minimum absolute atomic E-state index is 0.124. The highest BCUT2D eigenvalue weighted by atomic mass is 32.2. The summed E-state index contributed by atoms with van der Waals surface area (Å²) in [4.78, 5) is 14.5. The quantitative estimate of drug-likeness (QED) is 0.654. The molecular formula is C18H23N5O4S2. The maximum atomic E-state index is 13.0. The topological polar surface area (TPSA) is 106 Å². The van der Waals surface area contributed by atoms with Gasteiger partial charge in [0.15, 0.2) is 0 Å². The van der Waals surface area contributed by atoms with Crippen molar-refractivity contribution < 1.29 is 17.9 Å². The van der Waals surface area contributed by atoms with E-state index in [1.165, 1.54) is 11.0 Å². The summed E-state index contributed by atoms with van der Waals surface area (Å²) in [7, 11) is -2.04. The lowest BCUT2D eigenvalue weighted by molar-refractivity contribution is 0.0793. The van der Waals surface area contributed by atoms with Crippen molar-refractivity contribution in [1.82, 2.24) is 19.4 Å². The molecule has 2 N–H and O–H groups in total. The molecule has 0 unspecified atom stereocenters. The van der Waals surface area contributed by atoms with Crippen molar-refractivity contribution in [3.8, 4) is 0 Å². The second kappa shape index (κ2) is 7.24. The normalized spacial score (nSPS) is 17.9. The number of ether oxygens (including phenoxy) is 1. The molecular weight excluding hydrogens is 414 g/mol. The largest absolute Gasteiger partial charge is 0.383 e. The molecule has 2 aromatic rings. The van der Waals surface area contributed by atoms with Gasteiger partial charge in [-0.2, -0.15) is 5.10 Å². The zero-order valence-electron chi connectivity index (χ0n) is 16.3. The molecule has 1 aliphatic carbocycles. The molecule has 29 heavy (non-hydrogen) atoms.